The van der Waals surface area contributed by atoms with Gasteiger partial charge >= 0.3 is 0 Å². The molecule has 17 heavy (non-hydrogen) atoms. The molecule has 0 spiro atoms. The minimum atomic E-state index is -1.75. The van der Waals surface area contributed by atoms with Gasteiger partial charge in [0.2, 0.25) is 8.32 Å². The maximum Gasteiger partial charge on any atom is 0.201 e. The van der Waals surface area contributed by atoms with E-state index in [1.54, 1.807) is 0 Å². The van der Waals surface area contributed by atoms with Gasteiger partial charge in [0.1, 0.15) is 0 Å². The second-order valence-corrected chi connectivity index (χ2v) is 11.8. The smallest absolute Gasteiger partial charge is 0.201 e. The van der Waals surface area contributed by atoms with Gasteiger partial charge < -0.3 is 4.43 Å². The summed E-state index contributed by atoms with van der Waals surface area (Å²) in [5.41, 5.74) is 1.93. The first-order chi connectivity index (χ1) is 7.70. The third-order valence-electron chi connectivity index (χ3n) is 3.94. The predicted octanol–water partition coefficient (Wildman–Crippen LogP) is 5.39. The van der Waals surface area contributed by atoms with E-state index in [9.17, 15) is 0 Å². The molecule has 0 aliphatic rings. The van der Waals surface area contributed by atoms with Crippen LogP contribution in [-0.2, 0) is 4.43 Å². The molecule has 2 heteroatoms. The first-order valence-corrected chi connectivity index (χ1v) is 9.14. The zero-order chi connectivity index (χ0) is 13.8. The monoisotopic (exact) mass is 256 g/mol. The lowest BCUT2D eigenvalue weighted by atomic mass is 10.1. The summed E-state index contributed by atoms with van der Waals surface area (Å²) in [5.74, 6) is 0.510. The first kappa shape index (κ1) is 16.9. The number of hydrogen-bond acceptors (Lipinski definition) is 1. The van der Waals surface area contributed by atoms with Gasteiger partial charge in [-0.05, 0) is 22.5 Å². The highest BCUT2D eigenvalue weighted by Gasteiger charge is 2.46. The molecule has 0 saturated carbocycles. The van der Waals surface area contributed by atoms with Crippen LogP contribution in [0.5, 0.6) is 0 Å². The van der Waals surface area contributed by atoms with Crippen molar-refractivity contribution < 1.29 is 4.43 Å². The molecule has 1 atom stereocenters. The quantitative estimate of drug-likeness (QED) is 0.438. The van der Waals surface area contributed by atoms with Crippen LogP contribution in [0, 0.1) is 5.92 Å². The van der Waals surface area contributed by atoms with E-state index in [0.717, 1.165) is 0 Å². The molecule has 0 rings (SSSR count). The van der Waals surface area contributed by atoms with Crippen molar-refractivity contribution in [3.63, 3.8) is 0 Å². The Labute approximate surface area is 110 Å². The summed E-state index contributed by atoms with van der Waals surface area (Å²) in [4.78, 5) is 0. The van der Waals surface area contributed by atoms with Crippen molar-refractivity contribution in [3.05, 3.63) is 12.7 Å². The second-order valence-electron chi connectivity index (χ2n) is 6.38. The molecule has 0 aromatic rings. The van der Waals surface area contributed by atoms with Crippen molar-refractivity contribution in [2.24, 2.45) is 5.92 Å². The van der Waals surface area contributed by atoms with Crippen LogP contribution in [0.15, 0.2) is 12.7 Å². The zero-order valence-electron chi connectivity index (χ0n) is 13.1. The summed E-state index contributed by atoms with van der Waals surface area (Å²) in [6.45, 7) is 22.3. The molecule has 0 aliphatic carbocycles. The second kappa shape index (κ2) is 6.74. The maximum absolute atomic E-state index is 6.65. The fraction of sp³-hybridized carbons (Fsp3) is 0.867. The molecule has 0 radical (unpaired) electrons. The molecule has 0 aliphatic heterocycles. The van der Waals surface area contributed by atoms with Gasteiger partial charge in [0.25, 0.3) is 0 Å². The van der Waals surface area contributed by atoms with Crippen molar-refractivity contribution in [3.8, 4) is 0 Å². The molecule has 0 N–H and O–H groups in total. The summed E-state index contributed by atoms with van der Waals surface area (Å²) in [7, 11) is -1.75. The van der Waals surface area contributed by atoms with E-state index in [1.807, 2.05) is 6.08 Å². The Kier molecular flexibility index (Phi) is 6.71. The standard InChI is InChI=1S/C15H32OSi/c1-10-15(11(2)3)16-17(12(4)5,13(6)7)14(8)9/h10-15H,1H2,2-9H3/t15-/m0/s1. The Hall–Kier alpha value is -0.0831. The third kappa shape index (κ3) is 3.69. The van der Waals surface area contributed by atoms with Gasteiger partial charge in [-0.2, -0.15) is 0 Å². The van der Waals surface area contributed by atoms with Crippen molar-refractivity contribution in [2.45, 2.75) is 78.1 Å². The highest BCUT2D eigenvalue weighted by molar-refractivity contribution is 6.77. The molecule has 0 aromatic carbocycles. The van der Waals surface area contributed by atoms with Crippen LogP contribution < -0.4 is 0 Å². The van der Waals surface area contributed by atoms with Gasteiger partial charge in [0, 0.05) is 0 Å². The van der Waals surface area contributed by atoms with Gasteiger partial charge in [-0.15, -0.1) is 6.58 Å². The third-order valence-corrected chi connectivity index (χ3v) is 10.0. The summed E-state index contributed by atoms with van der Waals surface area (Å²) in [6, 6.07) is 0. The SMILES string of the molecule is C=C[C@H](O[Si](C(C)C)(C(C)C)C(C)C)C(C)C. The predicted molar refractivity (Wildman–Crippen MR) is 81.0 cm³/mol. The lowest BCUT2D eigenvalue weighted by Gasteiger charge is -2.45. The molecular weight excluding hydrogens is 224 g/mol. The van der Waals surface area contributed by atoms with E-state index in [4.69, 9.17) is 4.43 Å². The average Bonchev–Trinajstić information content (AvgIpc) is 2.16. The van der Waals surface area contributed by atoms with Gasteiger partial charge in [-0.1, -0.05) is 61.5 Å². The number of rotatable bonds is 7. The molecule has 0 aromatic heterocycles. The van der Waals surface area contributed by atoms with Crippen LogP contribution >= 0.6 is 0 Å². The van der Waals surface area contributed by atoms with Crippen molar-refractivity contribution in [2.75, 3.05) is 0 Å². The Morgan fingerprint density at radius 2 is 1.18 bits per heavy atom. The highest BCUT2D eigenvalue weighted by Crippen LogP contribution is 2.43. The Morgan fingerprint density at radius 1 is 0.824 bits per heavy atom. The Morgan fingerprint density at radius 3 is 1.35 bits per heavy atom. The van der Waals surface area contributed by atoms with Crippen LogP contribution in [0.2, 0.25) is 16.6 Å². The van der Waals surface area contributed by atoms with Gasteiger partial charge in [-0.3, -0.25) is 0 Å². The molecule has 0 fully saturated rings. The molecule has 102 valence electrons. The van der Waals surface area contributed by atoms with Gasteiger partial charge in [-0.25, -0.2) is 0 Å². The molecule has 1 nitrogen and oxygen atoms in total. The number of hydrogen-bond donors (Lipinski definition) is 0. The fourth-order valence-corrected chi connectivity index (χ4v) is 8.76. The summed E-state index contributed by atoms with van der Waals surface area (Å²) >= 11 is 0. The van der Waals surface area contributed by atoms with Gasteiger partial charge in [0.15, 0.2) is 0 Å². The van der Waals surface area contributed by atoms with Crippen molar-refractivity contribution in [1.29, 1.82) is 0 Å². The van der Waals surface area contributed by atoms with E-state index in [2.05, 4.69) is 62.0 Å². The Bertz CT molecular complexity index is 209. The lowest BCUT2D eigenvalue weighted by Crippen LogP contribution is -2.50. The summed E-state index contributed by atoms with van der Waals surface area (Å²) in [6.07, 6.45) is 2.19. The highest BCUT2D eigenvalue weighted by atomic mass is 28.4. The minimum absolute atomic E-state index is 0.203. The van der Waals surface area contributed by atoms with E-state index < -0.39 is 8.32 Å². The van der Waals surface area contributed by atoms with E-state index in [0.29, 0.717) is 22.5 Å². The maximum atomic E-state index is 6.65. The summed E-state index contributed by atoms with van der Waals surface area (Å²) < 4.78 is 6.65. The van der Waals surface area contributed by atoms with Crippen LogP contribution in [0.4, 0.5) is 0 Å². The van der Waals surface area contributed by atoms with Crippen LogP contribution in [-0.4, -0.2) is 14.4 Å². The van der Waals surface area contributed by atoms with Crippen molar-refractivity contribution in [1.82, 2.24) is 0 Å². The van der Waals surface area contributed by atoms with Crippen LogP contribution in [0.1, 0.15) is 55.4 Å². The largest absolute Gasteiger partial charge is 0.410 e. The topological polar surface area (TPSA) is 9.23 Å². The van der Waals surface area contributed by atoms with Crippen LogP contribution in [0.3, 0.4) is 0 Å². The molecule has 0 bridgehead atoms. The molecule has 0 saturated heterocycles. The van der Waals surface area contributed by atoms with Crippen molar-refractivity contribution >= 4 is 8.32 Å². The average molecular weight is 257 g/mol. The van der Waals surface area contributed by atoms with Gasteiger partial charge in [0.05, 0.1) is 6.10 Å². The summed E-state index contributed by atoms with van der Waals surface area (Å²) in [5, 5.41) is 0. The molecule has 0 amide bonds. The molecule has 0 heterocycles. The van der Waals surface area contributed by atoms with Crippen LogP contribution in [0.25, 0.3) is 0 Å². The van der Waals surface area contributed by atoms with E-state index >= 15 is 0 Å². The fourth-order valence-electron chi connectivity index (χ4n) is 3.10. The normalized spacial score (nSPS) is 15.1. The zero-order valence-corrected chi connectivity index (χ0v) is 14.1. The lowest BCUT2D eigenvalue weighted by molar-refractivity contribution is 0.171. The molecule has 0 unspecified atom stereocenters. The molecular formula is C15H32OSi. The minimum Gasteiger partial charge on any atom is -0.410 e. The first-order valence-electron chi connectivity index (χ1n) is 7.00. The Balaban J connectivity index is 5.24. The van der Waals surface area contributed by atoms with E-state index in [1.165, 1.54) is 0 Å². The van der Waals surface area contributed by atoms with E-state index in [-0.39, 0.29) is 6.10 Å².